The summed E-state index contributed by atoms with van der Waals surface area (Å²) in [4.78, 5) is 3.36. The maximum absolute atomic E-state index is 12.2. The summed E-state index contributed by atoms with van der Waals surface area (Å²) in [7, 11) is 0. The fourth-order valence-electron chi connectivity index (χ4n) is 1.68. The first-order chi connectivity index (χ1) is 7.94. The molecule has 1 aromatic heterocycles. The van der Waals surface area contributed by atoms with Gasteiger partial charge in [-0.15, -0.1) is 10.2 Å². The standard InChI is InChI=1S/C8H10BrF3N4S/c9-6-13-14-7(17-6)16-3-1-15(2-4-16)5-8(10,11)12/h1-5H2. The van der Waals surface area contributed by atoms with Crippen molar-refractivity contribution in [2.45, 2.75) is 6.18 Å². The molecule has 2 heterocycles. The van der Waals surface area contributed by atoms with Gasteiger partial charge in [-0.25, -0.2) is 0 Å². The molecule has 1 aliphatic heterocycles. The molecule has 1 saturated heterocycles. The van der Waals surface area contributed by atoms with Gasteiger partial charge in [0.05, 0.1) is 6.54 Å². The number of alkyl halides is 3. The Morgan fingerprint density at radius 2 is 1.82 bits per heavy atom. The third-order valence-corrected chi connectivity index (χ3v) is 3.85. The summed E-state index contributed by atoms with van der Waals surface area (Å²) >= 11 is 4.60. The van der Waals surface area contributed by atoms with E-state index in [0.717, 1.165) is 5.13 Å². The van der Waals surface area contributed by atoms with Gasteiger partial charge in [-0.05, 0) is 15.9 Å². The lowest BCUT2D eigenvalue weighted by molar-refractivity contribution is -0.146. The number of rotatable bonds is 2. The first kappa shape index (κ1) is 13.0. The van der Waals surface area contributed by atoms with Crippen LogP contribution in [0.1, 0.15) is 0 Å². The number of hydrogen-bond donors (Lipinski definition) is 0. The van der Waals surface area contributed by atoms with Crippen LogP contribution in [0.25, 0.3) is 0 Å². The Hall–Kier alpha value is -0.410. The lowest BCUT2D eigenvalue weighted by Crippen LogP contribution is -2.49. The molecule has 9 heteroatoms. The van der Waals surface area contributed by atoms with Gasteiger partial charge in [-0.1, -0.05) is 11.3 Å². The molecular formula is C8H10BrF3N4S. The first-order valence-electron chi connectivity index (χ1n) is 4.97. The van der Waals surface area contributed by atoms with E-state index in [1.807, 2.05) is 4.90 Å². The number of anilines is 1. The summed E-state index contributed by atoms with van der Waals surface area (Å²) in [6.07, 6.45) is -4.12. The van der Waals surface area contributed by atoms with Gasteiger partial charge in [0.2, 0.25) is 5.13 Å². The smallest absolute Gasteiger partial charge is 0.344 e. The van der Waals surface area contributed by atoms with E-state index < -0.39 is 12.7 Å². The maximum Gasteiger partial charge on any atom is 0.401 e. The normalized spacial score (nSPS) is 18.7. The van der Waals surface area contributed by atoms with Crippen LogP contribution >= 0.6 is 27.3 Å². The highest BCUT2D eigenvalue weighted by molar-refractivity contribution is 9.11. The molecule has 1 aromatic rings. The highest BCUT2D eigenvalue weighted by Gasteiger charge is 2.32. The molecule has 0 unspecified atom stereocenters. The van der Waals surface area contributed by atoms with Crippen molar-refractivity contribution < 1.29 is 13.2 Å². The van der Waals surface area contributed by atoms with Gasteiger partial charge in [0.1, 0.15) is 0 Å². The fourth-order valence-corrected chi connectivity index (χ4v) is 2.82. The minimum Gasteiger partial charge on any atom is -0.344 e. The average Bonchev–Trinajstić information content (AvgIpc) is 2.63. The fraction of sp³-hybridized carbons (Fsp3) is 0.750. The van der Waals surface area contributed by atoms with Crippen LogP contribution in [0, 0.1) is 0 Å². The molecule has 2 rings (SSSR count). The van der Waals surface area contributed by atoms with Crippen LogP contribution in [0.2, 0.25) is 0 Å². The molecule has 1 aliphatic rings. The Morgan fingerprint density at radius 1 is 1.18 bits per heavy atom. The Bertz CT molecular complexity index is 375. The maximum atomic E-state index is 12.2. The molecule has 0 aliphatic carbocycles. The third kappa shape index (κ3) is 3.78. The zero-order valence-electron chi connectivity index (χ0n) is 8.74. The van der Waals surface area contributed by atoms with Gasteiger partial charge in [0.15, 0.2) is 3.92 Å². The molecule has 96 valence electrons. The number of aromatic nitrogens is 2. The predicted molar refractivity (Wildman–Crippen MR) is 62.3 cm³/mol. The van der Waals surface area contributed by atoms with E-state index in [4.69, 9.17) is 0 Å². The Balaban J connectivity index is 1.86. The van der Waals surface area contributed by atoms with E-state index in [-0.39, 0.29) is 0 Å². The van der Waals surface area contributed by atoms with E-state index >= 15 is 0 Å². The van der Waals surface area contributed by atoms with Gasteiger partial charge in [-0.2, -0.15) is 13.2 Å². The van der Waals surface area contributed by atoms with Gasteiger partial charge in [-0.3, -0.25) is 4.90 Å². The van der Waals surface area contributed by atoms with Crippen molar-refractivity contribution in [3.05, 3.63) is 3.92 Å². The topological polar surface area (TPSA) is 32.3 Å². The number of piperazine rings is 1. The lowest BCUT2D eigenvalue weighted by Gasteiger charge is -2.34. The molecule has 0 aromatic carbocycles. The molecule has 17 heavy (non-hydrogen) atoms. The minimum absolute atomic E-state index is 0.400. The van der Waals surface area contributed by atoms with E-state index in [9.17, 15) is 13.2 Å². The van der Waals surface area contributed by atoms with Crippen LogP contribution in [0.3, 0.4) is 0 Å². The zero-order chi connectivity index (χ0) is 12.5. The van der Waals surface area contributed by atoms with Crippen LogP contribution in [-0.2, 0) is 0 Å². The second-order valence-corrected chi connectivity index (χ2v) is 5.95. The highest BCUT2D eigenvalue weighted by Crippen LogP contribution is 2.25. The van der Waals surface area contributed by atoms with E-state index in [2.05, 4.69) is 26.1 Å². The molecule has 0 N–H and O–H groups in total. The van der Waals surface area contributed by atoms with Crippen molar-refractivity contribution in [3.63, 3.8) is 0 Å². The van der Waals surface area contributed by atoms with Crippen LogP contribution < -0.4 is 4.90 Å². The Kier molecular flexibility index (Phi) is 3.88. The second kappa shape index (κ2) is 5.07. The molecular weight excluding hydrogens is 321 g/mol. The summed E-state index contributed by atoms with van der Waals surface area (Å²) in [5.41, 5.74) is 0. The van der Waals surface area contributed by atoms with Crippen molar-refractivity contribution in [1.29, 1.82) is 0 Å². The van der Waals surface area contributed by atoms with Crippen molar-refractivity contribution in [1.82, 2.24) is 15.1 Å². The van der Waals surface area contributed by atoms with Crippen molar-refractivity contribution in [2.75, 3.05) is 37.6 Å². The molecule has 1 fully saturated rings. The quantitative estimate of drug-likeness (QED) is 0.830. The average molecular weight is 331 g/mol. The van der Waals surface area contributed by atoms with Gasteiger partial charge >= 0.3 is 6.18 Å². The minimum atomic E-state index is -4.12. The lowest BCUT2D eigenvalue weighted by atomic mass is 10.3. The van der Waals surface area contributed by atoms with Crippen LogP contribution in [0.4, 0.5) is 18.3 Å². The largest absolute Gasteiger partial charge is 0.401 e. The molecule has 0 atom stereocenters. The predicted octanol–water partition coefficient (Wildman–Crippen LogP) is 1.98. The van der Waals surface area contributed by atoms with Gasteiger partial charge in [0, 0.05) is 26.2 Å². The highest BCUT2D eigenvalue weighted by atomic mass is 79.9. The first-order valence-corrected chi connectivity index (χ1v) is 6.58. The second-order valence-electron chi connectivity index (χ2n) is 3.72. The Labute approximate surface area is 109 Å². The molecule has 0 spiro atoms. The van der Waals surface area contributed by atoms with Crippen LogP contribution in [0.15, 0.2) is 3.92 Å². The Morgan fingerprint density at radius 3 is 2.29 bits per heavy atom. The zero-order valence-corrected chi connectivity index (χ0v) is 11.1. The molecule has 0 radical (unpaired) electrons. The number of halogens is 4. The molecule has 0 saturated carbocycles. The monoisotopic (exact) mass is 330 g/mol. The summed E-state index contributed by atoms with van der Waals surface area (Å²) in [6.45, 7) is 1.07. The summed E-state index contributed by atoms with van der Waals surface area (Å²) in [6, 6.07) is 0. The van der Waals surface area contributed by atoms with Crippen LogP contribution in [-0.4, -0.2) is 54.0 Å². The van der Waals surface area contributed by atoms with E-state index in [0.29, 0.717) is 30.1 Å². The number of nitrogens with zero attached hydrogens (tertiary/aromatic N) is 4. The third-order valence-electron chi connectivity index (χ3n) is 2.44. The van der Waals surface area contributed by atoms with Crippen molar-refractivity contribution >= 4 is 32.4 Å². The summed E-state index contributed by atoms with van der Waals surface area (Å²) < 4.78 is 37.2. The van der Waals surface area contributed by atoms with Gasteiger partial charge < -0.3 is 4.90 Å². The van der Waals surface area contributed by atoms with Crippen molar-refractivity contribution in [2.24, 2.45) is 0 Å². The number of hydrogen-bond acceptors (Lipinski definition) is 5. The van der Waals surface area contributed by atoms with Crippen LogP contribution in [0.5, 0.6) is 0 Å². The van der Waals surface area contributed by atoms with E-state index in [1.54, 1.807) is 0 Å². The van der Waals surface area contributed by atoms with Crippen molar-refractivity contribution in [3.8, 4) is 0 Å². The SMILES string of the molecule is FC(F)(F)CN1CCN(c2nnc(Br)s2)CC1. The summed E-state index contributed by atoms with van der Waals surface area (Å²) in [5.74, 6) is 0. The molecule has 0 amide bonds. The van der Waals surface area contributed by atoms with Gasteiger partial charge in [0.25, 0.3) is 0 Å². The summed E-state index contributed by atoms with van der Waals surface area (Å²) in [5, 5.41) is 8.52. The molecule has 4 nitrogen and oxygen atoms in total. The molecule has 0 bridgehead atoms. The van der Waals surface area contributed by atoms with E-state index in [1.165, 1.54) is 16.2 Å².